The monoisotopic (exact) mass is 761 g/mol. The van der Waals surface area contributed by atoms with Gasteiger partial charge in [-0.15, -0.1) is 0 Å². The lowest BCUT2D eigenvalue weighted by Crippen LogP contribution is -2.55. The smallest absolute Gasteiger partial charge is 0.410 e. The number of hydrogen-bond donors (Lipinski definition) is 2. The number of methoxy groups -OCH3 is 1. The van der Waals surface area contributed by atoms with E-state index in [0.717, 1.165) is 115 Å². The van der Waals surface area contributed by atoms with Crippen molar-refractivity contribution >= 4 is 41.0 Å². The highest BCUT2D eigenvalue weighted by Crippen LogP contribution is 2.40. The molecule has 1 aromatic heterocycles. The van der Waals surface area contributed by atoms with Gasteiger partial charge in [0.25, 0.3) is 5.91 Å². The maximum absolute atomic E-state index is 13.3. The molecule has 2 saturated heterocycles. The van der Waals surface area contributed by atoms with Crippen LogP contribution >= 0.6 is 0 Å². The first-order valence-electron chi connectivity index (χ1n) is 20.5. The Labute approximate surface area is 327 Å². The van der Waals surface area contributed by atoms with E-state index in [1.54, 1.807) is 37.4 Å². The normalized spacial score (nSPS) is 20.4. The van der Waals surface area contributed by atoms with Gasteiger partial charge in [-0.2, -0.15) is 4.98 Å². The molecular formula is C41H63N9O5. The molecule has 14 heteroatoms. The summed E-state index contributed by atoms with van der Waals surface area (Å²) in [6.45, 7) is 16.4. The summed E-state index contributed by atoms with van der Waals surface area (Å²) < 4.78 is 11.2. The Morgan fingerprint density at radius 3 is 2.35 bits per heavy atom. The number of anilines is 4. The van der Waals surface area contributed by atoms with E-state index in [4.69, 9.17) is 14.5 Å². The van der Waals surface area contributed by atoms with Gasteiger partial charge >= 0.3 is 6.09 Å². The van der Waals surface area contributed by atoms with E-state index in [1.165, 1.54) is 0 Å². The van der Waals surface area contributed by atoms with Crippen LogP contribution in [0.1, 0.15) is 95.8 Å². The van der Waals surface area contributed by atoms with Gasteiger partial charge in [-0.05, 0) is 96.4 Å². The number of likely N-dealkylation sites (tertiary alicyclic amines) is 1. The average Bonchev–Trinajstić information content (AvgIpc) is 3.71. The molecule has 1 saturated carbocycles. The summed E-state index contributed by atoms with van der Waals surface area (Å²) in [4.78, 5) is 59.1. The summed E-state index contributed by atoms with van der Waals surface area (Å²) in [5.41, 5.74) is 1.44. The number of nitrogens with one attached hydrogen (secondary N) is 2. The fourth-order valence-corrected chi connectivity index (χ4v) is 8.45. The predicted octanol–water partition coefficient (Wildman–Crippen LogP) is 5.51. The third-order valence-electron chi connectivity index (χ3n) is 11.6. The number of hydrogen-bond acceptors (Lipinski definition) is 11. The van der Waals surface area contributed by atoms with Crippen LogP contribution in [0.3, 0.4) is 0 Å². The number of carbonyl (C=O) groups excluding carboxylic acids is 3. The highest BCUT2D eigenvalue weighted by atomic mass is 16.6. The number of benzene rings is 1. The van der Waals surface area contributed by atoms with Crippen molar-refractivity contribution in [1.82, 2.24) is 30.0 Å². The maximum Gasteiger partial charge on any atom is 0.410 e. The van der Waals surface area contributed by atoms with Gasteiger partial charge in [0, 0.05) is 71.0 Å². The molecule has 1 unspecified atom stereocenters. The molecule has 1 atom stereocenters. The molecule has 3 amide bonds. The molecule has 2 aromatic rings. The number of fused-ring (bicyclic) bond motifs is 1. The molecule has 302 valence electrons. The van der Waals surface area contributed by atoms with E-state index in [2.05, 4.69) is 37.2 Å². The maximum atomic E-state index is 13.3. The zero-order chi connectivity index (χ0) is 39.1. The van der Waals surface area contributed by atoms with Crippen molar-refractivity contribution in [3.63, 3.8) is 0 Å². The van der Waals surface area contributed by atoms with Crippen LogP contribution in [0.15, 0.2) is 24.4 Å². The Morgan fingerprint density at radius 2 is 1.67 bits per heavy atom. The number of unbranched alkanes of at least 4 members (excludes halogenated alkanes) is 1. The molecule has 0 bridgehead atoms. The second kappa shape index (κ2) is 18.2. The molecule has 1 aromatic carbocycles. The van der Waals surface area contributed by atoms with E-state index in [1.807, 2.05) is 31.7 Å². The van der Waals surface area contributed by atoms with Crippen molar-refractivity contribution in [1.29, 1.82) is 0 Å². The second-order valence-corrected chi connectivity index (χ2v) is 16.6. The number of likely N-dealkylation sites (N-methyl/N-ethyl adjacent to an activating group) is 1. The minimum Gasteiger partial charge on any atom is -0.495 e. The van der Waals surface area contributed by atoms with Gasteiger partial charge in [0.15, 0.2) is 5.82 Å². The van der Waals surface area contributed by atoms with Crippen molar-refractivity contribution in [2.45, 2.75) is 103 Å². The first kappa shape index (κ1) is 40.5. The molecule has 1 aliphatic carbocycles. The van der Waals surface area contributed by atoms with E-state index < -0.39 is 5.60 Å². The first-order valence-corrected chi connectivity index (χ1v) is 20.5. The van der Waals surface area contributed by atoms with Crippen LogP contribution in [0.4, 0.5) is 27.9 Å². The topological polar surface area (TPSA) is 136 Å². The van der Waals surface area contributed by atoms with E-state index in [9.17, 15) is 14.4 Å². The van der Waals surface area contributed by atoms with E-state index in [-0.39, 0.29) is 30.0 Å². The van der Waals surface area contributed by atoms with Crippen molar-refractivity contribution in [2.24, 2.45) is 5.92 Å². The van der Waals surface area contributed by atoms with Crippen molar-refractivity contribution in [2.75, 3.05) is 88.2 Å². The average molecular weight is 762 g/mol. The van der Waals surface area contributed by atoms with Crippen LogP contribution in [0.25, 0.3) is 0 Å². The number of piperidine rings is 1. The lowest BCUT2D eigenvalue weighted by Gasteiger charge is -2.43. The van der Waals surface area contributed by atoms with E-state index in [0.29, 0.717) is 41.8 Å². The molecule has 2 N–H and O–H groups in total. The number of rotatable bonds is 13. The molecule has 14 nitrogen and oxygen atoms in total. The van der Waals surface area contributed by atoms with Gasteiger partial charge in [-0.1, -0.05) is 19.8 Å². The molecule has 6 rings (SSSR count). The fourth-order valence-electron chi connectivity index (χ4n) is 8.45. The highest BCUT2D eigenvalue weighted by molar-refractivity contribution is 6.04. The Hall–Kier alpha value is -4.17. The fraction of sp³-hybridized carbons (Fsp3) is 0.683. The van der Waals surface area contributed by atoms with Gasteiger partial charge in [-0.3, -0.25) is 9.59 Å². The van der Waals surface area contributed by atoms with E-state index >= 15 is 0 Å². The Kier molecular flexibility index (Phi) is 13.4. The quantitative estimate of drug-likeness (QED) is 0.251. The number of carbonyl (C=O) groups is 3. The molecular weight excluding hydrogens is 699 g/mol. The summed E-state index contributed by atoms with van der Waals surface area (Å²) in [7, 11) is 3.38. The van der Waals surface area contributed by atoms with Gasteiger partial charge < -0.3 is 44.6 Å². The predicted molar refractivity (Wildman–Crippen MR) is 216 cm³/mol. The summed E-state index contributed by atoms with van der Waals surface area (Å²) in [6, 6.07) is 5.39. The van der Waals surface area contributed by atoms with Crippen LogP contribution in [-0.2, 0) is 9.53 Å². The number of nitrogens with zero attached hydrogens (tertiary/aromatic N) is 7. The second-order valence-electron chi connectivity index (χ2n) is 16.6. The third-order valence-corrected chi connectivity index (χ3v) is 11.6. The molecule has 3 aliphatic heterocycles. The molecule has 0 spiro atoms. The van der Waals surface area contributed by atoms with Crippen molar-refractivity contribution in [3.05, 3.63) is 30.0 Å². The molecule has 4 heterocycles. The summed E-state index contributed by atoms with van der Waals surface area (Å²) >= 11 is 0. The van der Waals surface area contributed by atoms with Gasteiger partial charge in [-0.25, -0.2) is 9.78 Å². The Morgan fingerprint density at radius 1 is 0.964 bits per heavy atom. The summed E-state index contributed by atoms with van der Waals surface area (Å²) in [5, 5.41) is 6.38. The van der Waals surface area contributed by atoms with Crippen molar-refractivity contribution < 1.29 is 23.9 Å². The standard InChI is InChI=1S/C41H63N9O5/c1-7-33-38(52)46(5)34-27-43-39(45-36(34)50(33)31-12-8-9-13-31)44-32-15-14-30(26-35(32)54-6)37(51)42-18-10-11-19-47-22-24-48(25-23-47)28-29-16-20-49(21-17-29)40(53)55-41(2,3)4/h14-15,26-27,29,31,33H,7-13,16-25,28H2,1-6H3,(H,42,51)(H,43,44,45). The lowest BCUT2D eigenvalue weighted by atomic mass is 9.96. The van der Waals surface area contributed by atoms with Gasteiger partial charge in [0.05, 0.1) is 19.0 Å². The number of ether oxygens (including phenoxy) is 2. The highest BCUT2D eigenvalue weighted by Gasteiger charge is 2.41. The van der Waals surface area contributed by atoms with Crippen LogP contribution in [0, 0.1) is 5.92 Å². The zero-order valence-electron chi connectivity index (χ0n) is 33.9. The summed E-state index contributed by atoms with van der Waals surface area (Å²) in [5.74, 6) is 2.28. The lowest BCUT2D eigenvalue weighted by molar-refractivity contribution is -0.120. The molecule has 55 heavy (non-hydrogen) atoms. The number of piperazine rings is 1. The third kappa shape index (κ3) is 10.2. The van der Waals surface area contributed by atoms with Gasteiger partial charge in [0.2, 0.25) is 11.9 Å². The zero-order valence-corrected chi connectivity index (χ0v) is 33.9. The minimum atomic E-state index is -0.455. The molecule has 4 aliphatic rings. The van der Waals surface area contributed by atoms with Crippen molar-refractivity contribution in [3.8, 4) is 5.75 Å². The van der Waals surface area contributed by atoms with Crippen LogP contribution < -0.4 is 25.2 Å². The van der Waals surface area contributed by atoms with Crippen LogP contribution in [-0.4, -0.2) is 133 Å². The molecule has 0 radical (unpaired) electrons. The van der Waals surface area contributed by atoms with Crippen LogP contribution in [0.2, 0.25) is 0 Å². The SMILES string of the molecule is CCC1C(=O)N(C)c2cnc(Nc3ccc(C(=O)NCCCCN4CCN(CC5CCN(C(=O)OC(C)(C)C)CC5)CC4)cc3OC)nc2N1C1CCCC1. The van der Waals surface area contributed by atoms with Gasteiger partial charge in [0.1, 0.15) is 23.1 Å². The molecule has 3 fully saturated rings. The Balaban J connectivity index is 0.920. The Bertz CT molecular complexity index is 1630. The first-order chi connectivity index (χ1) is 26.4. The number of aromatic nitrogens is 2. The van der Waals surface area contributed by atoms with Crippen LogP contribution in [0.5, 0.6) is 5.75 Å². The number of amides is 3. The minimum absolute atomic E-state index is 0.0821. The summed E-state index contributed by atoms with van der Waals surface area (Å²) in [6.07, 6.45) is 10.7. The largest absolute Gasteiger partial charge is 0.495 e.